The highest BCUT2D eigenvalue weighted by Gasteiger charge is 2.02. The van der Waals surface area contributed by atoms with Crippen LogP contribution in [0.15, 0.2) is 65.9 Å². The highest BCUT2D eigenvalue weighted by molar-refractivity contribution is 6.30. The topological polar surface area (TPSA) is 57.2 Å². The zero-order valence-electron chi connectivity index (χ0n) is 12.2. The molecule has 3 aromatic rings. The van der Waals surface area contributed by atoms with Gasteiger partial charge in [0, 0.05) is 33.9 Å². The maximum Gasteiger partial charge on any atom is 0.271 e. The molecule has 0 aliphatic carbocycles. The minimum absolute atomic E-state index is 0.279. The Labute approximate surface area is 138 Å². The van der Waals surface area contributed by atoms with E-state index in [-0.39, 0.29) is 5.91 Å². The van der Waals surface area contributed by atoms with Crippen molar-refractivity contribution < 1.29 is 4.79 Å². The molecule has 4 nitrogen and oxygen atoms in total. The lowest BCUT2D eigenvalue weighted by atomic mass is 10.2. The largest absolute Gasteiger partial charge is 0.361 e. The first-order chi connectivity index (χ1) is 11.2. The highest BCUT2D eigenvalue weighted by atomic mass is 35.5. The summed E-state index contributed by atoms with van der Waals surface area (Å²) in [6.07, 6.45) is 7.17. The van der Waals surface area contributed by atoms with Crippen LogP contribution in [-0.4, -0.2) is 17.1 Å². The van der Waals surface area contributed by atoms with Crippen LogP contribution in [0.5, 0.6) is 0 Å². The van der Waals surface area contributed by atoms with Crippen LogP contribution in [0.2, 0.25) is 5.02 Å². The summed E-state index contributed by atoms with van der Waals surface area (Å²) in [6.45, 7) is 0. The van der Waals surface area contributed by atoms with E-state index in [1.165, 1.54) is 6.21 Å². The fourth-order valence-electron chi connectivity index (χ4n) is 2.18. The number of nitrogens with zero attached hydrogens (tertiary/aromatic N) is 1. The summed E-state index contributed by atoms with van der Waals surface area (Å²) >= 11 is 5.78. The van der Waals surface area contributed by atoms with Crippen molar-refractivity contribution in [1.29, 1.82) is 0 Å². The number of carbonyl (C=O) groups excluding carboxylic acids is 1. The number of amides is 1. The standard InChI is InChI=1S/C18H14ClN3O/c19-15-9-7-13(8-10-15)18(23)22-21-11-3-4-14-12-20-17-6-2-1-5-16(14)17/h1-12,20H,(H,22,23)/b4-3+,21-11-. The molecule has 5 heteroatoms. The van der Waals surface area contributed by atoms with Crippen LogP contribution >= 0.6 is 11.6 Å². The van der Waals surface area contributed by atoms with Crippen LogP contribution in [0, 0.1) is 0 Å². The normalized spacial score (nSPS) is 11.5. The first-order valence-electron chi connectivity index (χ1n) is 7.06. The van der Waals surface area contributed by atoms with Crippen molar-refractivity contribution in [1.82, 2.24) is 10.4 Å². The second-order valence-corrected chi connectivity index (χ2v) is 5.31. The fourth-order valence-corrected chi connectivity index (χ4v) is 2.31. The molecule has 3 rings (SSSR count). The van der Waals surface area contributed by atoms with E-state index in [0.29, 0.717) is 10.6 Å². The van der Waals surface area contributed by atoms with Gasteiger partial charge in [-0.1, -0.05) is 35.9 Å². The van der Waals surface area contributed by atoms with Crippen molar-refractivity contribution >= 4 is 40.7 Å². The van der Waals surface area contributed by atoms with Crippen LogP contribution in [0.3, 0.4) is 0 Å². The van der Waals surface area contributed by atoms with Gasteiger partial charge in [0.1, 0.15) is 0 Å². The second-order valence-electron chi connectivity index (χ2n) is 4.87. The molecule has 1 amide bonds. The molecule has 0 aliphatic rings. The number of fused-ring (bicyclic) bond motifs is 1. The van der Waals surface area contributed by atoms with Gasteiger partial charge in [0.05, 0.1) is 0 Å². The van der Waals surface area contributed by atoms with Gasteiger partial charge in [0.15, 0.2) is 0 Å². The van der Waals surface area contributed by atoms with E-state index in [0.717, 1.165) is 16.5 Å². The molecule has 0 unspecified atom stereocenters. The molecule has 23 heavy (non-hydrogen) atoms. The Bertz CT molecular complexity index is 879. The lowest BCUT2D eigenvalue weighted by Crippen LogP contribution is -2.17. The second kappa shape index (κ2) is 6.94. The van der Waals surface area contributed by atoms with E-state index in [4.69, 9.17) is 11.6 Å². The number of nitrogens with one attached hydrogen (secondary N) is 2. The molecule has 0 bridgehead atoms. The van der Waals surface area contributed by atoms with Crippen LogP contribution in [-0.2, 0) is 0 Å². The van der Waals surface area contributed by atoms with Crippen LogP contribution in [0.1, 0.15) is 15.9 Å². The molecule has 114 valence electrons. The first kappa shape index (κ1) is 15.1. The zero-order valence-corrected chi connectivity index (χ0v) is 12.9. The summed E-state index contributed by atoms with van der Waals surface area (Å²) in [5.74, 6) is -0.279. The molecule has 1 heterocycles. The Hall–Kier alpha value is -2.85. The van der Waals surface area contributed by atoms with E-state index in [1.807, 2.05) is 36.5 Å². The van der Waals surface area contributed by atoms with Crippen molar-refractivity contribution in [3.05, 3.63) is 77.0 Å². The van der Waals surface area contributed by atoms with Crippen LogP contribution in [0.4, 0.5) is 0 Å². The van der Waals surface area contributed by atoms with E-state index in [2.05, 4.69) is 15.5 Å². The number of hydrogen-bond acceptors (Lipinski definition) is 2. The van der Waals surface area contributed by atoms with Gasteiger partial charge in [-0.15, -0.1) is 0 Å². The lowest BCUT2D eigenvalue weighted by Gasteiger charge is -1.98. The van der Waals surface area contributed by atoms with Crippen molar-refractivity contribution in [2.75, 3.05) is 0 Å². The van der Waals surface area contributed by atoms with Gasteiger partial charge in [0.2, 0.25) is 0 Å². The number of aromatic amines is 1. The molecule has 0 saturated carbocycles. The van der Waals surface area contributed by atoms with E-state index >= 15 is 0 Å². The number of rotatable bonds is 4. The Balaban J connectivity index is 1.60. The molecule has 1 aromatic heterocycles. The molecule has 0 spiro atoms. The molecular weight excluding hydrogens is 310 g/mol. The molecule has 0 saturated heterocycles. The van der Waals surface area contributed by atoms with Gasteiger partial charge >= 0.3 is 0 Å². The van der Waals surface area contributed by atoms with E-state index in [1.54, 1.807) is 30.3 Å². The predicted octanol–water partition coefficient (Wildman–Crippen LogP) is 4.25. The maximum absolute atomic E-state index is 11.8. The Morgan fingerprint density at radius 1 is 1.13 bits per heavy atom. The summed E-state index contributed by atoms with van der Waals surface area (Å²) in [4.78, 5) is 15.0. The van der Waals surface area contributed by atoms with Gasteiger partial charge < -0.3 is 4.98 Å². The predicted molar refractivity (Wildman–Crippen MR) is 94.7 cm³/mol. The highest BCUT2D eigenvalue weighted by Crippen LogP contribution is 2.18. The van der Waals surface area contributed by atoms with Crippen molar-refractivity contribution in [2.45, 2.75) is 0 Å². The molecule has 0 atom stereocenters. The summed E-state index contributed by atoms with van der Waals surface area (Å²) < 4.78 is 0. The first-order valence-corrected chi connectivity index (χ1v) is 7.43. The van der Waals surface area contributed by atoms with Crippen molar-refractivity contribution in [3.8, 4) is 0 Å². The number of hydrazone groups is 1. The molecular formula is C18H14ClN3O. The summed E-state index contributed by atoms with van der Waals surface area (Å²) in [7, 11) is 0. The average molecular weight is 324 g/mol. The Morgan fingerprint density at radius 2 is 1.91 bits per heavy atom. The van der Waals surface area contributed by atoms with Crippen LogP contribution in [0.25, 0.3) is 17.0 Å². The molecule has 0 radical (unpaired) electrons. The van der Waals surface area contributed by atoms with Gasteiger partial charge in [0.25, 0.3) is 5.91 Å². The quantitative estimate of drug-likeness (QED) is 0.547. The lowest BCUT2D eigenvalue weighted by molar-refractivity contribution is 0.0955. The van der Waals surface area contributed by atoms with Crippen LogP contribution < -0.4 is 5.43 Å². The van der Waals surface area contributed by atoms with Gasteiger partial charge in [-0.05, 0) is 42.0 Å². The minimum Gasteiger partial charge on any atom is -0.361 e. The Kier molecular flexibility index (Phi) is 4.54. The molecule has 2 N–H and O–H groups in total. The minimum atomic E-state index is -0.279. The monoisotopic (exact) mass is 323 g/mol. The van der Waals surface area contributed by atoms with Gasteiger partial charge in [-0.2, -0.15) is 5.10 Å². The zero-order chi connectivity index (χ0) is 16.1. The van der Waals surface area contributed by atoms with E-state index in [9.17, 15) is 4.79 Å². The SMILES string of the molecule is O=C(N/N=C\C=C\c1c[nH]c2ccccc12)c1ccc(Cl)cc1. The number of halogens is 1. The smallest absolute Gasteiger partial charge is 0.271 e. The van der Waals surface area contributed by atoms with E-state index < -0.39 is 0 Å². The van der Waals surface area contributed by atoms with Gasteiger partial charge in [-0.3, -0.25) is 4.79 Å². The van der Waals surface area contributed by atoms with Crippen molar-refractivity contribution in [2.24, 2.45) is 5.10 Å². The third-order valence-corrected chi connectivity index (χ3v) is 3.58. The third kappa shape index (κ3) is 3.67. The number of hydrogen-bond donors (Lipinski definition) is 2. The maximum atomic E-state index is 11.8. The molecule has 0 fully saturated rings. The summed E-state index contributed by atoms with van der Waals surface area (Å²) in [6, 6.07) is 14.7. The number of H-pyrrole nitrogens is 1. The number of benzene rings is 2. The number of allylic oxidation sites excluding steroid dienone is 1. The number of carbonyl (C=O) groups is 1. The number of para-hydroxylation sites is 1. The molecule has 2 aromatic carbocycles. The Morgan fingerprint density at radius 3 is 2.74 bits per heavy atom. The number of aromatic nitrogens is 1. The summed E-state index contributed by atoms with van der Waals surface area (Å²) in [5.41, 5.74) is 5.12. The van der Waals surface area contributed by atoms with Gasteiger partial charge in [-0.25, -0.2) is 5.43 Å². The third-order valence-electron chi connectivity index (χ3n) is 3.33. The fraction of sp³-hybridized carbons (Fsp3) is 0. The average Bonchev–Trinajstić information content (AvgIpc) is 2.98. The molecule has 0 aliphatic heterocycles. The van der Waals surface area contributed by atoms with Crippen molar-refractivity contribution in [3.63, 3.8) is 0 Å². The summed E-state index contributed by atoms with van der Waals surface area (Å²) in [5, 5.41) is 5.63.